The van der Waals surface area contributed by atoms with Gasteiger partial charge in [0.05, 0.1) is 0 Å². The minimum atomic E-state index is 0.236. The molecule has 0 unspecified atom stereocenters. The number of rotatable bonds is 6. The number of hydrogen-bond acceptors (Lipinski definition) is 2. The lowest BCUT2D eigenvalue weighted by Gasteiger charge is -2.19. The lowest BCUT2D eigenvalue weighted by molar-refractivity contribution is 0.335. The molecular weight excluding hydrogens is 230 g/mol. The summed E-state index contributed by atoms with van der Waals surface area (Å²) in [6.45, 7) is 9.84. The van der Waals surface area contributed by atoms with Gasteiger partial charge in [-0.1, -0.05) is 47.0 Å². The van der Waals surface area contributed by atoms with Crippen LogP contribution in [-0.2, 0) is 13.0 Å². The summed E-state index contributed by atoms with van der Waals surface area (Å²) in [4.78, 5) is 0. The normalized spacial score (nSPS) is 12.0. The molecule has 3 nitrogen and oxygen atoms in total. The van der Waals surface area contributed by atoms with Crippen LogP contribution in [0, 0.1) is 10.2 Å². The van der Waals surface area contributed by atoms with Gasteiger partial charge in [0.1, 0.15) is 5.82 Å². The van der Waals surface area contributed by atoms with E-state index in [1.165, 1.54) is 25.7 Å². The van der Waals surface area contributed by atoms with Crippen molar-refractivity contribution in [3.63, 3.8) is 0 Å². The Morgan fingerprint density at radius 3 is 2.53 bits per heavy atom. The van der Waals surface area contributed by atoms with Gasteiger partial charge in [-0.15, -0.1) is 0 Å². The van der Waals surface area contributed by atoms with E-state index in [0.717, 1.165) is 23.6 Å². The number of aromatic amines is 1. The van der Waals surface area contributed by atoms with Crippen LogP contribution in [0.25, 0.3) is 0 Å². The summed E-state index contributed by atoms with van der Waals surface area (Å²) >= 11 is 5.29. The monoisotopic (exact) mass is 255 g/mol. The second-order valence-corrected chi connectivity index (χ2v) is 6.29. The first kappa shape index (κ1) is 14.4. The van der Waals surface area contributed by atoms with Crippen LogP contribution in [0.1, 0.15) is 59.2 Å². The number of nitrogens with one attached hydrogen (secondary N) is 1. The van der Waals surface area contributed by atoms with Crippen molar-refractivity contribution in [2.45, 2.75) is 66.3 Å². The summed E-state index contributed by atoms with van der Waals surface area (Å²) in [7, 11) is 0. The van der Waals surface area contributed by atoms with Crippen LogP contribution >= 0.6 is 12.2 Å². The molecule has 0 fully saturated rings. The number of hydrogen-bond donors (Lipinski definition) is 1. The van der Waals surface area contributed by atoms with Gasteiger partial charge in [0, 0.05) is 13.0 Å². The van der Waals surface area contributed by atoms with Crippen molar-refractivity contribution in [2.75, 3.05) is 0 Å². The molecule has 0 aliphatic heterocycles. The van der Waals surface area contributed by atoms with Crippen molar-refractivity contribution in [3.8, 4) is 0 Å². The highest BCUT2D eigenvalue weighted by Gasteiger charge is 2.15. The van der Waals surface area contributed by atoms with Crippen LogP contribution in [0.2, 0.25) is 0 Å². The predicted molar refractivity (Wildman–Crippen MR) is 74.7 cm³/mol. The minimum Gasteiger partial charge on any atom is -0.304 e. The highest BCUT2D eigenvalue weighted by molar-refractivity contribution is 7.71. The van der Waals surface area contributed by atoms with E-state index in [-0.39, 0.29) is 5.41 Å². The van der Waals surface area contributed by atoms with Gasteiger partial charge in [-0.2, -0.15) is 5.10 Å². The number of nitrogens with zero attached hydrogens (tertiary/aromatic N) is 2. The SMILES string of the molecule is CCCCCCc1n[nH]c(=S)n1CC(C)(C)C. The average Bonchev–Trinajstić information content (AvgIpc) is 2.54. The van der Waals surface area contributed by atoms with Crippen LogP contribution in [-0.4, -0.2) is 14.8 Å². The maximum atomic E-state index is 5.29. The zero-order chi connectivity index (χ0) is 12.9. The van der Waals surface area contributed by atoms with E-state index < -0.39 is 0 Å². The fraction of sp³-hybridized carbons (Fsp3) is 0.846. The van der Waals surface area contributed by atoms with Crippen molar-refractivity contribution in [1.82, 2.24) is 14.8 Å². The van der Waals surface area contributed by atoms with Gasteiger partial charge in [-0.25, -0.2) is 0 Å². The lowest BCUT2D eigenvalue weighted by atomic mass is 9.97. The first-order valence-electron chi connectivity index (χ1n) is 6.58. The summed E-state index contributed by atoms with van der Waals surface area (Å²) in [5.41, 5.74) is 0.236. The van der Waals surface area contributed by atoms with Gasteiger partial charge >= 0.3 is 0 Å². The topological polar surface area (TPSA) is 33.6 Å². The van der Waals surface area contributed by atoms with Gasteiger partial charge in [-0.05, 0) is 24.1 Å². The van der Waals surface area contributed by atoms with E-state index in [1.54, 1.807) is 0 Å². The fourth-order valence-electron chi connectivity index (χ4n) is 1.89. The smallest absolute Gasteiger partial charge is 0.195 e. The molecule has 1 heterocycles. The van der Waals surface area contributed by atoms with E-state index in [2.05, 4.69) is 42.5 Å². The third kappa shape index (κ3) is 5.02. The van der Waals surface area contributed by atoms with Crippen molar-refractivity contribution in [2.24, 2.45) is 5.41 Å². The highest BCUT2D eigenvalue weighted by Crippen LogP contribution is 2.18. The van der Waals surface area contributed by atoms with Gasteiger partial charge in [0.15, 0.2) is 4.77 Å². The second kappa shape index (κ2) is 6.34. The highest BCUT2D eigenvalue weighted by atomic mass is 32.1. The van der Waals surface area contributed by atoms with E-state index in [1.807, 2.05) is 0 Å². The molecule has 0 saturated heterocycles. The summed E-state index contributed by atoms with van der Waals surface area (Å²) < 4.78 is 2.91. The van der Waals surface area contributed by atoms with Gasteiger partial charge < -0.3 is 4.57 Å². The third-order valence-corrected chi connectivity index (χ3v) is 3.04. The largest absolute Gasteiger partial charge is 0.304 e. The number of aromatic nitrogens is 3. The Morgan fingerprint density at radius 2 is 1.94 bits per heavy atom. The zero-order valence-corrected chi connectivity index (χ0v) is 12.4. The molecule has 0 aliphatic rings. The maximum absolute atomic E-state index is 5.29. The Bertz CT molecular complexity index is 384. The minimum absolute atomic E-state index is 0.236. The predicted octanol–water partition coefficient (Wildman–Crippen LogP) is 4.11. The molecule has 0 radical (unpaired) electrons. The molecule has 0 spiro atoms. The van der Waals surface area contributed by atoms with Crippen LogP contribution in [0.4, 0.5) is 0 Å². The summed E-state index contributed by atoms with van der Waals surface area (Å²) in [6.07, 6.45) is 6.10. The van der Waals surface area contributed by atoms with Crippen molar-refractivity contribution in [1.29, 1.82) is 0 Å². The first-order valence-corrected chi connectivity index (χ1v) is 6.99. The van der Waals surface area contributed by atoms with E-state index in [4.69, 9.17) is 12.2 Å². The molecule has 4 heteroatoms. The van der Waals surface area contributed by atoms with Gasteiger partial charge in [-0.3, -0.25) is 5.10 Å². The molecule has 1 rings (SSSR count). The standard InChI is InChI=1S/C13H25N3S/c1-5-6-7-8-9-11-14-15-12(17)16(11)10-13(2,3)4/h5-10H2,1-4H3,(H,15,17). The molecule has 0 amide bonds. The Balaban J connectivity index is 2.63. The Morgan fingerprint density at radius 1 is 1.24 bits per heavy atom. The molecule has 0 aliphatic carbocycles. The number of unbranched alkanes of at least 4 members (excludes halogenated alkanes) is 3. The second-order valence-electron chi connectivity index (χ2n) is 5.90. The molecule has 0 saturated carbocycles. The maximum Gasteiger partial charge on any atom is 0.195 e. The molecule has 1 aromatic rings. The number of H-pyrrole nitrogens is 1. The third-order valence-electron chi connectivity index (χ3n) is 2.72. The molecule has 1 aromatic heterocycles. The first-order chi connectivity index (χ1) is 7.94. The summed E-state index contributed by atoms with van der Waals surface area (Å²) in [6, 6.07) is 0. The molecular formula is C13H25N3S. The van der Waals surface area contributed by atoms with E-state index >= 15 is 0 Å². The fourth-order valence-corrected chi connectivity index (χ4v) is 2.10. The van der Waals surface area contributed by atoms with Crippen molar-refractivity contribution in [3.05, 3.63) is 10.6 Å². The van der Waals surface area contributed by atoms with Crippen LogP contribution in [0.5, 0.6) is 0 Å². The van der Waals surface area contributed by atoms with Crippen LogP contribution < -0.4 is 0 Å². The van der Waals surface area contributed by atoms with E-state index in [9.17, 15) is 0 Å². The molecule has 0 atom stereocenters. The number of aryl methyl sites for hydroxylation is 1. The van der Waals surface area contributed by atoms with Crippen molar-refractivity contribution >= 4 is 12.2 Å². The van der Waals surface area contributed by atoms with Crippen LogP contribution in [0.3, 0.4) is 0 Å². The van der Waals surface area contributed by atoms with Gasteiger partial charge in [0.25, 0.3) is 0 Å². The molecule has 0 bridgehead atoms. The zero-order valence-electron chi connectivity index (χ0n) is 11.5. The lowest BCUT2D eigenvalue weighted by Crippen LogP contribution is -2.17. The van der Waals surface area contributed by atoms with Crippen LogP contribution in [0.15, 0.2) is 0 Å². The summed E-state index contributed by atoms with van der Waals surface area (Å²) in [5, 5.41) is 7.26. The Kier molecular flexibility index (Phi) is 5.37. The van der Waals surface area contributed by atoms with Crippen molar-refractivity contribution < 1.29 is 0 Å². The molecule has 0 aromatic carbocycles. The molecule has 17 heavy (non-hydrogen) atoms. The summed E-state index contributed by atoms with van der Waals surface area (Å²) in [5.74, 6) is 1.11. The average molecular weight is 255 g/mol. The van der Waals surface area contributed by atoms with E-state index in [0.29, 0.717) is 0 Å². The Labute approximate surface area is 110 Å². The Hall–Kier alpha value is -0.640. The quantitative estimate of drug-likeness (QED) is 0.613. The molecule has 1 N–H and O–H groups in total. The van der Waals surface area contributed by atoms with Gasteiger partial charge in [0.2, 0.25) is 0 Å². The molecule has 98 valence electrons.